The standard InChI is InChI=1S/C4H5NO3S2.ClH/c1-8-4-5-2-3(9-4)10(6)7;/h2H,1H3,(H,6,7);1H. The molecular weight excluding hydrogens is 210 g/mol. The van der Waals surface area contributed by atoms with Gasteiger partial charge in [0, 0.05) is 0 Å². The van der Waals surface area contributed by atoms with E-state index in [1.807, 2.05) is 0 Å². The number of hydrogen-bond donors (Lipinski definition) is 1. The van der Waals surface area contributed by atoms with E-state index in [1.165, 1.54) is 13.3 Å². The summed E-state index contributed by atoms with van der Waals surface area (Å²) in [6.07, 6.45) is 1.32. The number of aromatic nitrogens is 1. The molecule has 1 N–H and O–H groups in total. The Morgan fingerprint density at radius 2 is 2.45 bits per heavy atom. The Morgan fingerprint density at radius 1 is 1.82 bits per heavy atom. The van der Waals surface area contributed by atoms with Crippen LogP contribution in [0.2, 0.25) is 0 Å². The van der Waals surface area contributed by atoms with E-state index >= 15 is 0 Å². The first-order valence-electron chi connectivity index (χ1n) is 2.34. The largest absolute Gasteiger partial charge is 0.473 e. The minimum Gasteiger partial charge on any atom is -0.473 e. The SMILES string of the molecule is COc1ncc(S(=O)O)s1.Cl. The van der Waals surface area contributed by atoms with E-state index in [0.29, 0.717) is 9.40 Å². The number of ether oxygens (including phenoxy) is 1. The molecule has 1 heterocycles. The normalized spacial score (nSPS) is 11.8. The lowest BCUT2D eigenvalue weighted by molar-refractivity contribution is 0.412. The van der Waals surface area contributed by atoms with Gasteiger partial charge in [-0.25, -0.2) is 9.19 Å². The van der Waals surface area contributed by atoms with Crippen molar-refractivity contribution in [3.63, 3.8) is 0 Å². The van der Waals surface area contributed by atoms with Crippen molar-refractivity contribution in [1.82, 2.24) is 4.98 Å². The zero-order valence-electron chi connectivity index (χ0n) is 5.51. The summed E-state index contributed by atoms with van der Waals surface area (Å²) in [7, 11) is 1.46. The van der Waals surface area contributed by atoms with Gasteiger partial charge in [-0.2, -0.15) is 0 Å². The second-order valence-corrected chi connectivity index (χ2v) is 3.59. The lowest BCUT2D eigenvalue weighted by Crippen LogP contribution is -1.80. The molecule has 0 spiro atoms. The zero-order chi connectivity index (χ0) is 7.56. The van der Waals surface area contributed by atoms with Crippen molar-refractivity contribution in [2.75, 3.05) is 7.11 Å². The Balaban J connectivity index is 0.000001000. The van der Waals surface area contributed by atoms with Crippen LogP contribution in [0.5, 0.6) is 5.19 Å². The van der Waals surface area contributed by atoms with Crippen LogP contribution in [0.3, 0.4) is 0 Å². The number of rotatable bonds is 2. The number of thiazole rings is 1. The summed E-state index contributed by atoms with van der Waals surface area (Å²) in [5.74, 6) is 0. The molecule has 0 aromatic carbocycles. The van der Waals surface area contributed by atoms with E-state index in [0.717, 1.165) is 11.3 Å². The summed E-state index contributed by atoms with van der Waals surface area (Å²) in [6.45, 7) is 0. The number of nitrogens with zero attached hydrogens (tertiary/aromatic N) is 1. The highest BCUT2D eigenvalue weighted by atomic mass is 35.5. The molecule has 0 aliphatic carbocycles. The van der Waals surface area contributed by atoms with Crippen LogP contribution in [0, 0.1) is 0 Å². The Morgan fingerprint density at radius 3 is 2.73 bits per heavy atom. The fourth-order valence-corrected chi connectivity index (χ4v) is 1.53. The minimum absolute atomic E-state index is 0. The van der Waals surface area contributed by atoms with Crippen molar-refractivity contribution < 1.29 is 13.5 Å². The van der Waals surface area contributed by atoms with Crippen LogP contribution in [-0.4, -0.2) is 20.9 Å². The average Bonchev–Trinajstić information content (AvgIpc) is 2.34. The Bertz CT molecular complexity index is 251. The lowest BCUT2D eigenvalue weighted by atomic mass is 11.0. The van der Waals surface area contributed by atoms with Crippen molar-refractivity contribution in [1.29, 1.82) is 0 Å². The second-order valence-electron chi connectivity index (χ2n) is 1.40. The molecule has 0 saturated heterocycles. The van der Waals surface area contributed by atoms with Crippen LogP contribution in [0.25, 0.3) is 0 Å². The van der Waals surface area contributed by atoms with E-state index in [4.69, 9.17) is 9.29 Å². The van der Waals surface area contributed by atoms with Crippen molar-refractivity contribution in [3.8, 4) is 5.19 Å². The van der Waals surface area contributed by atoms with Gasteiger partial charge < -0.3 is 9.29 Å². The van der Waals surface area contributed by atoms with Crippen LogP contribution >= 0.6 is 23.7 Å². The molecule has 0 aliphatic heterocycles. The lowest BCUT2D eigenvalue weighted by Gasteiger charge is -1.85. The number of hydrogen-bond acceptors (Lipinski definition) is 4. The Hall–Kier alpha value is -0.170. The van der Waals surface area contributed by atoms with E-state index in [1.54, 1.807) is 0 Å². The van der Waals surface area contributed by atoms with E-state index < -0.39 is 11.1 Å². The van der Waals surface area contributed by atoms with Crippen LogP contribution in [0.15, 0.2) is 10.4 Å². The van der Waals surface area contributed by atoms with Gasteiger partial charge in [-0.3, -0.25) is 0 Å². The van der Waals surface area contributed by atoms with Crippen molar-refractivity contribution in [2.45, 2.75) is 4.21 Å². The van der Waals surface area contributed by atoms with Gasteiger partial charge in [0.05, 0.1) is 13.3 Å². The Labute approximate surface area is 76.3 Å². The molecule has 11 heavy (non-hydrogen) atoms. The monoisotopic (exact) mass is 215 g/mol. The minimum atomic E-state index is -1.93. The maximum atomic E-state index is 10.4. The highest BCUT2D eigenvalue weighted by Crippen LogP contribution is 2.21. The molecule has 1 aromatic heterocycles. The molecule has 0 bridgehead atoms. The van der Waals surface area contributed by atoms with Crippen molar-refractivity contribution in [2.24, 2.45) is 0 Å². The van der Waals surface area contributed by atoms with Crippen LogP contribution < -0.4 is 4.74 Å². The van der Waals surface area contributed by atoms with Crippen LogP contribution in [0.4, 0.5) is 0 Å². The van der Waals surface area contributed by atoms with Crippen molar-refractivity contribution in [3.05, 3.63) is 6.20 Å². The smallest absolute Gasteiger partial charge is 0.274 e. The summed E-state index contributed by atoms with van der Waals surface area (Å²) in [5, 5.41) is 0.400. The maximum absolute atomic E-state index is 10.4. The zero-order valence-corrected chi connectivity index (χ0v) is 7.96. The molecule has 7 heteroatoms. The van der Waals surface area contributed by atoms with Gasteiger partial charge in [-0.1, -0.05) is 11.3 Å². The van der Waals surface area contributed by atoms with Gasteiger partial charge in [-0.15, -0.1) is 12.4 Å². The topological polar surface area (TPSA) is 59.4 Å². The van der Waals surface area contributed by atoms with Gasteiger partial charge in [0.1, 0.15) is 4.21 Å². The predicted molar refractivity (Wildman–Crippen MR) is 45.0 cm³/mol. The molecule has 0 amide bonds. The molecule has 0 fully saturated rings. The fraction of sp³-hybridized carbons (Fsp3) is 0.250. The second kappa shape index (κ2) is 4.66. The third-order valence-electron chi connectivity index (χ3n) is 0.810. The molecule has 64 valence electrons. The maximum Gasteiger partial charge on any atom is 0.274 e. The molecule has 4 nitrogen and oxygen atoms in total. The summed E-state index contributed by atoms with van der Waals surface area (Å²) in [6, 6.07) is 0. The Kier molecular flexibility index (Phi) is 4.58. The van der Waals surface area contributed by atoms with E-state index in [9.17, 15) is 4.21 Å². The first kappa shape index (κ1) is 10.8. The first-order valence-corrected chi connectivity index (χ1v) is 4.27. The molecule has 0 saturated carbocycles. The van der Waals surface area contributed by atoms with Crippen LogP contribution in [-0.2, 0) is 11.1 Å². The third-order valence-corrected chi connectivity index (χ3v) is 2.69. The molecule has 1 rings (SSSR count). The number of halogens is 1. The van der Waals surface area contributed by atoms with Gasteiger partial charge in [0.2, 0.25) is 0 Å². The summed E-state index contributed by atoms with van der Waals surface area (Å²) in [4.78, 5) is 3.70. The molecule has 1 aromatic rings. The highest BCUT2D eigenvalue weighted by molar-refractivity contribution is 7.81. The summed E-state index contributed by atoms with van der Waals surface area (Å²) in [5.41, 5.74) is 0. The summed E-state index contributed by atoms with van der Waals surface area (Å²) < 4.78 is 23.9. The molecule has 0 radical (unpaired) electrons. The van der Waals surface area contributed by atoms with E-state index in [-0.39, 0.29) is 12.4 Å². The highest BCUT2D eigenvalue weighted by Gasteiger charge is 2.05. The van der Waals surface area contributed by atoms with Gasteiger partial charge >= 0.3 is 0 Å². The predicted octanol–water partition coefficient (Wildman–Crippen LogP) is 1.15. The van der Waals surface area contributed by atoms with E-state index in [2.05, 4.69) is 4.98 Å². The van der Waals surface area contributed by atoms with Gasteiger partial charge in [0.25, 0.3) is 5.19 Å². The fourth-order valence-electron chi connectivity index (χ4n) is 0.419. The quantitative estimate of drug-likeness (QED) is 0.752. The van der Waals surface area contributed by atoms with Gasteiger partial charge in [-0.05, 0) is 0 Å². The average molecular weight is 216 g/mol. The van der Waals surface area contributed by atoms with Gasteiger partial charge in [0.15, 0.2) is 11.1 Å². The molecule has 1 atom stereocenters. The van der Waals surface area contributed by atoms with Crippen molar-refractivity contribution >= 4 is 34.8 Å². The third kappa shape index (κ3) is 2.74. The number of methoxy groups -OCH3 is 1. The first-order chi connectivity index (χ1) is 4.74. The summed E-state index contributed by atoms with van der Waals surface area (Å²) >= 11 is -0.876. The molecular formula is C4H6ClNO3S2. The molecule has 1 unspecified atom stereocenters. The molecule has 0 aliphatic rings. The van der Waals surface area contributed by atoms with Crippen LogP contribution in [0.1, 0.15) is 0 Å².